The molecule has 2 aliphatic heterocycles. The van der Waals surface area contributed by atoms with Crippen molar-refractivity contribution in [2.75, 3.05) is 37.7 Å². The number of pyridine rings is 1. The summed E-state index contributed by atoms with van der Waals surface area (Å²) in [6.45, 7) is 6.04. The van der Waals surface area contributed by atoms with E-state index >= 15 is 0 Å². The van der Waals surface area contributed by atoms with E-state index in [4.69, 9.17) is 16.4 Å². The number of ether oxygens (including phenoxy) is 1. The number of anilines is 1. The summed E-state index contributed by atoms with van der Waals surface area (Å²) in [6.07, 6.45) is 6.29. The van der Waals surface area contributed by atoms with Gasteiger partial charge in [0.1, 0.15) is 18.3 Å². The third kappa shape index (κ3) is 4.91. The molecule has 36 heavy (non-hydrogen) atoms. The average Bonchev–Trinajstić information content (AvgIpc) is 3.30. The number of carbonyl (C=O) groups excluding carboxylic acids is 2. The molecule has 0 bridgehead atoms. The summed E-state index contributed by atoms with van der Waals surface area (Å²) in [6, 6.07) is 7.98. The Morgan fingerprint density at radius 2 is 2.06 bits per heavy atom. The highest BCUT2D eigenvalue weighted by molar-refractivity contribution is 5.92. The van der Waals surface area contributed by atoms with Crippen LogP contribution in [0.1, 0.15) is 51.9 Å². The van der Waals surface area contributed by atoms with Gasteiger partial charge in [-0.25, -0.2) is 20.6 Å². The highest BCUT2D eigenvalue weighted by Crippen LogP contribution is 2.35. The lowest BCUT2D eigenvalue weighted by atomic mass is 9.96. The van der Waals surface area contributed by atoms with Crippen LogP contribution >= 0.6 is 0 Å². The first-order chi connectivity index (χ1) is 17.4. The van der Waals surface area contributed by atoms with Gasteiger partial charge in [0, 0.05) is 45.3 Å². The van der Waals surface area contributed by atoms with Crippen molar-refractivity contribution in [2.24, 2.45) is 16.8 Å². The Labute approximate surface area is 210 Å². The van der Waals surface area contributed by atoms with E-state index in [0.29, 0.717) is 11.4 Å². The topological polar surface area (TPSA) is 130 Å². The van der Waals surface area contributed by atoms with Gasteiger partial charge in [0.2, 0.25) is 5.91 Å². The molecular formula is C26H33N7O3. The van der Waals surface area contributed by atoms with Crippen molar-refractivity contribution in [2.45, 2.75) is 44.6 Å². The Kier molecular flexibility index (Phi) is 6.88. The quantitative estimate of drug-likeness (QED) is 0.203. The molecule has 5 rings (SSSR count). The maximum absolute atomic E-state index is 13.3. The van der Waals surface area contributed by atoms with Gasteiger partial charge in [0.25, 0.3) is 0 Å². The molecular weight excluding hydrogens is 458 g/mol. The molecule has 3 heterocycles. The van der Waals surface area contributed by atoms with E-state index < -0.39 is 0 Å². The predicted octanol–water partition coefficient (Wildman–Crippen LogP) is 1.18. The number of esters is 1. The number of nitrogens with zero attached hydrogens (tertiary/aromatic N) is 5. The number of aryl methyl sites for hydroxylation is 1. The maximum atomic E-state index is 13.3. The van der Waals surface area contributed by atoms with E-state index in [-0.39, 0.29) is 23.9 Å². The van der Waals surface area contributed by atoms with Gasteiger partial charge in [-0.15, -0.1) is 0 Å². The molecule has 10 nitrogen and oxygen atoms in total. The van der Waals surface area contributed by atoms with Gasteiger partial charge in [-0.2, -0.15) is 5.10 Å². The zero-order valence-corrected chi connectivity index (χ0v) is 20.6. The van der Waals surface area contributed by atoms with Crippen molar-refractivity contribution in [3.63, 3.8) is 0 Å². The van der Waals surface area contributed by atoms with Crippen LogP contribution in [0.4, 0.5) is 5.82 Å². The van der Waals surface area contributed by atoms with Crippen LogP contribution in [-0.2, 0) is 28.8 Å². The molecule has 1 aromatic heterocycles. The van der Waals surface area contributed by atoms with Crippen LogP contribution in [0, 0.1) is 0 Å². The molecule has 3 aliphatic rings. The standard InChI is InChI=1S/C26H33N7O3/c1-17-12-20-13-18(2-4-21(20)26(35)36-17)6-7-31-8-10-32(11-9-31)25(34)22-5-3-19-14-24(29-15-23(19)22)33(28)16-30-27/h2,4,13-17,22H,3,5-12,27-28H2,1H3/b30-16-. The summed E-state index contributed by atoms with van der Waals surface area (Å²) in [5, 5.41) is 4.69. The Balaban J connectivity index is 1.14. The summed E-state index contributed by atoms with van der Waals surface area (Å²) in [4.78, 5) is 34.2. The van der Waals surface area contributed by atoms with Crippen molar-refractivity contribution >= 4 is 24.0 Å². The predicted molar refractivity (Wildman–Crippen MR) is 136 cm³/mol. The normalized spacial score (nSPS) is 21.8. The third-order valence-corrected chi connectivity index (χ3v) is 7.45. The van der Waals surface area contributed by atoms with Crippen molar-refractivity contribution in [1.29, 1.82) is 0 Å². The molecule has 2 aromatic rings. The molecule has 4 N–H and O–H groups in total. The van der Waals surface area contributed by atoms with Gasteiger partial charge in [-0.3, -0.25) is 9.69 Å². The largest absolute Gasteiger partial charge is 0.459 e. The Bertz CT molecular complexity index is 1180. The molecule has 1 amide bonds. The van der Waals surface area contributed by atoms with E-state index in [0.717, 1.165) is 75.1 Å². The Morgan fingerprint density at radius 1 is 1.25 bits per heavy atom. The Hall–Kier alpha value is -3.50. The van der Waals surface area contributed by atoms with Gasteiger partial charge >= 0.3 is 5.97 Å². The van der Waals surface area contributed by atoms with Gasteiger partial charge in [-0.1, -0.05) is 12.1 Å². The summed E-state index contributed by atoms with van der Waals surface area (Å²) in [7, 11) is 0. The number of benzene rings is 1. The molecule has 2 atom stereocenters. The van der Waals surface area contributed by atoms with Crippen LogP contribution in [0.15, 0.2) is 35.6 Å². The van der Waals surface area contributed by atoms with E-state index in [1.54, 1.807) is 6.20 Å². The molecule has 190 valence electrons. The maximum Gasteiger partial charge on any atom is 0.338 e. The van der Waals surface area contributed by atoms with Crippen LogP contribution in [0.5, 0.6) is 0 Å². The first-order valence-corrected chi connectivity index (χ1v) is 12.5. The number of amides is 1. The minimum absolute atomic E-state index is 0.0727. The summed E-state index contributed by atoms with van der Waals surface area (Å²) in [5.74, 6) is 11.4. The first-order valence-electron chi connectivity index (χ1n) is 12.5. The van der Waals surface area contributed by atoms with E-state index in [1.165, 1.54) is 16.9 Å². The molecule has 1 aromatic carbocycles. The number of nitrogens with two attached hydrogens (primary N) is 2. The fourth-order valence-corrected chi connectivity index (χ4v) is 5.48. The van der Waals surface area contributed by atoms with Crippen LogP contribution in [0.25, 0.3) is 0 Å². The van der Waals surface area contributed by atoms with Crippen molar-refractivity contribution in [3.05, 3.63) is 58.3 Å². The zero-order chi connectivity index (χ0) is 25.2. The number of hydrogen-bond donors (Lipinski definition) is 2. The third-order valence-electron chi connectivity index (χ3n) is 7.45. The number of hydrogen-bond acceptors (Lipinski definition) is 8. The van der Waals surface area contributed by atoms with Gasteiger partial charge in [0.15, 0.2) is 0 Å². The number of aromatic nitrogens is 1. The monoisotopic (exact) mass is 491 g/mol. The van der Waals surface area contributed by atoms with Crippen molar-refractivity contribution < 1.29 is 14.3 Å². The molecule has 2 unspecified atom stereocenters. The number of piperazine rings is 1. The van der Waals surface area contributed by atoms with Crippen LogP contribution in [-0.4, -0.2) is 71.8 Å². The second kappa shape index (κ2) is 10.2. The van der Waals surface area contributed by atoms with Crippen LogP contribution in [0.3, 0.4) is 0 Å². The van der Waals surface area contributed by atoms with Gasteiger partial charge in [0.05, 0.1) is 11.5 Å². The Morgan fingerprint density at radius 3 is 2.83 bits per heavy atom. The molecule has 1 aliphatic carbocycles. The van der Waals surface area contributed by atoms with Gasteiger partial charge < -0.3 is 15.5 Å². The second-order valence-electron chi connectivity index (χ2n) is 9.83. The lowest BCUT2D eigenvalue weighted by Gasteiger charge is -2.36. The average molecular weight is 492 g/mol. The molecule has 0 saturated carbocycles. The first kappa shape index (κ1) is 24.2. The van der Waals surface area contributed by atoms with Crippen LogP contribution < -0.4 is 16.7 Å². The molecule has 0 radical (unpaired) electrons. The number of hydrazine groups is 1. The minimum atomic E-state index is -0.223. The zero-order valence-electron chi connectivity index (χ0n) is 20.6. The second-order valence-corrected chi connectivity index (χ2v) is 9.83. The van der Waals surface area contributed by atoms with E-state index in [1.807, 2.05) is 30.0 Å². The fourth-order valence-electron chi connectivity index (χ4n) is 5.48. The van der Waals surface area contributed by atoms with E-state index in [2.05, 4.69) is 21.1 Å². The number of cyclic esters (lactones) is 1. The molecule has 1 saturated heterocycles. The fraction of sp³-hybridized carbons (Fsp3) is 0.462. The number of carbonyl (C=O) groups is 2. The molecule has 10 heteroatoms. The summed E-state index contributed by atoms with van der Waals surface area (Å²) >= 11 is 0. The van der Waals surface area contributed by atoms with E-state index in [9.17, 15) is 9.59 Å². The molecule has 0 spiro atoms. The number of hydrazone groups is 1. The van der Waals surface area contributed by atoms with Crippen molar-refractivity contribution in [3.8, 4) is 0 Å². The minimum Gasteiger partial charge on any atom is -0.459 e. The highest BCUT2D eigenvalue weighted by atomic mass is 16.5. The molecule has 1 fully saturated rings. The smallest absolute Gasteiger partial charge is 0.338 e. The lowest BCUT2D eigenvalue weighted by molar-refractivity contribution is -0.134. The number of fused-ring (bicyclic) bond motifs is 2. The van der Waals surface area contributed by atoms with Crippen LogP contribution in [0.2, 0.25) is 0 Å². The van der Waals surface area contributed by atoms with Gasteiger partial charge in [-0.05, 0) is 60.6 Å². The summed E-state index contributed by atoms with van der Waals surface area (Å²) in [5.41, 5.74) is 5.10. The number of rotatable bonds is 6. The van der Waals surface area contributed by atoms with Crippen molar-refractivity contribution in [1.82, 2.24) is 14.8 Å². The highest BCUT2D eigenvalue weighted by Gasteiger charge is 2.34. The SMILES string of the molecule is CC1Cc2cc(CCN3CCN(C(=O)C4CCc5cc(N(N)/C=N\N)ncc54)CC3)ccc2C(=O)O1. The summed E-state index contributed by atoms with van der Waals surface area (Å²) < 4.78 is 5.32. The lowest BCUT2D eigenvalue weighted by Crippen LogP contribution is -2.50.